The second-order valence-electron chi connectivity index (χ2n) is 5.34. The molecule has 0 heterocycles. The number of aliphatic hydroxyl groups excluding tert-OH is 1. The first-order chi connectivity index (χ1) is 9.74. The van der Waals surface area contributed by atoms with Crippen molar-refractivity contribution >= 4 is 5.91 Å². The maximum Gasteiger partial charge on any atom is 0.234 e. The molecule has 0 aromatic heterocycles. The number of nitrogens with zero attached hydrogens (tertiary/aromatic N) is 1. The Morgan fingerprint density at radius 1 is 1.40 bits per heavy atom. The average molecular weight is 276 g/mol. The maximum atomic E-state index is 12.2. The van der Waals surface area contributed by atoms with Gasteiger partial charge in [-0.25, -0.2) is 0 Å². The van der Waals surface area contributed by atoms with Gasteiger partial charge in [-0.1, -0.05) is 37.3 Å². The number of rotatable bonds is 8. The highest BCUT2D eigenvalue weighted by atomic mass is 16.3. The van der Waals surface area contributed by atoms with Crippen LogP contribution in [0.4, 0.5) is 0 Å². The van der Waals surface area contributed by atoms with Gasteiger partial charge in [0.1, 0.15) is 0 Å². The molecule has 4 heteroatoms. The van der Waals surface area contributed by atoms with Gasteiger partial charge in [-0.3, -0.25) is 9.69 Å². The Hall–Kier alpha value is -1.39. The van der Waals surface area contributed by atoms with Crippen LogP contribution < -0.4 is 5.32 Å². The van der Waals surface area contributed by atoms with Crippen LogP contribution in [-0.2, 0) is 4.79 Å². The molecule has 0 bridgehead atoms. The molecule has 1 aliphatic rings. The minimum atomic E-state index is -0.105. The molecule has 1 aromatic rings. The Labute approximate surface area is 120 Å². The molecule has 1 unspecified atom stereocenters. The number of carbonyl (C=O) groups is 1. The molecule has 1 aliphatic carbocycles. The van der Waals surface area contributed by atoms with Crippen molar-refractivity contribution in [1.29, 1.82) is 0 Å². The van der Waals surface area contributed by atoms with Crippen LogP contribution in [0.3, 0.4) is 0 Å². The van der Waals surface area contributed by atoms with Crippen molar-refractivity contribution in [3.05, 3.63) is 35.9 Å². The van der Waals surface area contributed by atoms with Crippen molar-refractivity contribution in [2.24, 2.45) is 0 Å². The van der Waals surface area contributed by atoms with E-state index in [2.05, 4.69) is 17.1 Å². The molecule has 1 fully saturated rings. The lowest BCUT2D eigenvalue weighted by atomic mass is 10.0. The number of nitrogens with one attached hydrogen (secondary N) is 1. The van der Waals surface area contributed by atoms with Gasteiger partial charge >= 0.3 is 0 Å². The number of benzene rings is 1. The summed E-state index contributed by atoms with van der Waals surface area (Å²) >= 11 is 0. The highest BCUT2D eigenvalue weighted by Crippen LogP contribution is 2.26. The third-order valence-electron chi connectivity index (χ3n) is 3.77. The Morgan fingerprint density at radius 3 is 2.65 bits per heavy atom. The van der Waals surface area contributed by atoms with Gasteiger partial charge in [-0.05, 0) is 31.4 Å². The Morgan fingerprint density at radius 2 is 2.10 bits per heavy atom. The molecule has 110 valence electrons. The quantitative estimate of drug-likeness (QED) is 0.760. The molecule has 1 aromatic carbocycles. The van der Waals surface area contributed by atoms with Crippen molar-refractivity contribution < 1.29 is 9.90 Å². The zero-order valence-corrected chi connectivity index (χ0v) is 12.1. The lowest BCUT2D eigenvalue weighted by Gasteiger charge is -2.23. The molecule has 20 heavy (non-hydrogen) atoms. The fourth-order valence-corrected chi connectivity index (χ4v) is 2.50. The van der Waals surface area contributed by atoms with Gasteiger partial charge in [-0.2, -0.15) is 0 Å². The van der Waals surface area contributed by atoms with E-state index in [1.165, 1.54) is 12.8 Å². The van der Waals surface area contributed by atoms with E-state index in [4.69, 9.17) is 0 Å². The summed E-state index contributed by atoms with van der Waals surface area (Å²) in [5, 5.41) is 12.2. The van der Waals surface area contributed by atoms with Crippen LogP contribution in [0.2, 0.25) is 0 Å². The number of hydrogen-bond acceptors (Lipinski definition) is 3. The van der Waals surface area contributed by atoms with Crippen molar-refractivity contribution in [2.75, 3.05) is 19.7 Å². The van der Waals surface area contributed by atoms with Crippen LogP contribution in [0.25, 0.3) is 0 Å². The van der Waals surface area contributed by atoms with E-state index in [0.29, 0.717) is 19.0 Å². The summed E-state index contributed by atoms with van der Waals surface area (Å²) in [7, 11) is 0. The Kier molecular flexibility index (Phi) is 5.56. The summed E-state index contributed by atoms with van der Waals surface area (Å²) in [5.74, 6) is 0.0426. The second kappa shape index (κ2) is 7.41. The molecular formula is C16H24N2O2. The molecule has 0 spiro atoms. The summed E-state index contributed by atoms with van der Waals surface area (Å²) in [4.78, 5) is 14.4. The molecule has 0 saturated heterocycles. The van der Waals surface area contributed by atoms with Crippen molar-refractivity contribution in [2.45, 2.75) is 38.3 Å². The van der Waals surface area contributed by atoms with E-state index < -0.39 is 0 Å². The molecule has 4 nitrogen and oxygen atoms in total. The predicted molar refractivity (Wildman–Crippen MR) is 79.3 cm³/mol. The fourth-order valence-electron chi connectivity index (χ4n) is 2.50. The first-order valence-corrected chi connectivity index (χ1v) is 7.43. The Bertz CT molecular complexity index is 418. The lowest BCUT2D eigenvalue weighted by Crippen LogP contribution is -2.40. The number of hydrogen-bond donors (Lipinski definition) is 2. The van der Waals surface area contributed by atoms with Crippen molar-refractivity contribution in [3.8, 4) is 0 Å². The summed E-state index contributed by atoms with van der Waals surface area (Å²) in [6, 6.07) is 10.3. The van der Waals surface area contributed by atoms with Gasteiger partial charge in [0.2, 0.25) is 5.91 Å². The van der Waals surface area contributed by atoms with Crippen LogP contribution in [0.1, 0.15) is 37.8 Å². The van der Waals surface area contributed by atoms with Gasteiger partial charge in [0, 0.05) is 12.6 Å². The van der Waals surface area contributed by atoms with E-state index in [0.717, 1.165) is 12.1 Å². The van der Waals surface area contributed by atoms with Crippen LogP contribution in [0.15, 0.2) is 30.3 Å². The van der Waals surface area contributed by atoms with Crippen LogP contribution in [0.5, 0.6) is 0 Å². The summed E-state index contributed by atoms with van der Waals surface area (Å²) in [6.45, 7) is 3.53. The molecule has 0 aliphatic heterocycles. The molecule has 1 atom stereocenters. The molecule has 1 saturated carbocycles. The summed E-state index contributed by atoms with van der Waals surface area (Å²) in [5.41, 5.74) is 1.05. The zero-order valence-electron chi connectivity index (χ0n) is 12.1. The van der Waals surface area contributed by atoms with E-state index in [1.54, 1.807) is 0 Å². The SMILES string of the molecule is CCN(CC(=O)NC(CCO)c1ccccc1)C1CC1. The fraction of sp³-hybridized carbons (Fsp3) is 0.562. The number of amides is 1. The first kappa shape index (κ1) is 15.0. The van der Waals surface area contributed by atoms with Crippen molar-refractivity contribution in [3.63, 3.8) is 0 Å². The molecular weight excluding hydrogens is 252 g/mol. The lowest BCUT2D eigenvalue weighted by molar-refractivity contribution is -0.123. The third kappa shape index (κ3) is 4.32. The third-order valence-corrected chi connectivity index (χ3v) is 3.77. The maximum absolute atomic E-state index is 12.2. The zero-order chi connectivity index (χ0) is 14.4. The highest BCUT2D eigenvalue weighted by Gasteiger charge is 2.29. The van der Waals surface area contributed by atoms with E-state index >= 15 is 0 Å². The summed E-state index contributed by atoms with van der Waals surface area (Å²) in [6.07, 6.45) is 2.96. The number of likely N-dealkylation sites (N-methyl/N-ethyl adjacent to an activating group) is 1. The molecule has 2 rings (SSSR count). The van der Waals surface area contributed by atoms with Crippen LogP contribution >= 0.6 is 0 Å². The second-order valence-corrected chi connectivity index (χ2v) is 5.34. The first-order valence-electron chi connectivity index (χ1n) is 7.43. The van der Waals surface area contributed by atoms with Gasteiger partial charge < -0.3 is 10.4 Å². The molecule has 0 radical (unpaired) electrons. The minimum absolute atomic E-state index is 0.0426. The number of carbonyl (C=O) groups excluding carboxylic acids is 1. The van der Waals surface area contributed by atoms with E-state index in [-0.39, 0.29) is 18.6 Å². The highest BCUT2D eigenvalue weighted by molar-refractivity contribution is 5.78. The molecule has 1 amide bonds. The average Bonchev–Trinajstić information content (AvgIpc) is 3.30. The van der Waals surface area contributed by atoms with Gasteiger partial charge in [0.05, 0.1) is 12.6 Å². The minimum Gasteiger partial charge on any atom is -0.396 e. The number of aliphatic hydroxyl groups is 1. The largest absolute Gasteiger partial charge is 0.396 e. The smallest absolute Gasteiger partial charge is 0.234 e. The normalized spacial score (nSPS) is 16.1. The molecule has 2 N–H and O–H groups in total. The standard InChI is InChI=1S/C16H24N2O2/c1-2-18(14-8-9-14)12-16(20)17-15(10-11-19)13-6-4-3-5-7-13/h3-7,14-15,19H,2,8-12H2,1H3,(H,17,20). The van der Waals surface area contributed by atoms with E-state index in [9.17, 15) is 9.90 Å². The van der Waals surface area contributed by atoms with Crippen LogP contribution in [0, 0.1) is 0 Å². The van der Waals surface area contributed by atoms with Gasteiger partial charge in [0.25, 0.3) is 0 Å². The van der Waals surface area contributed by atoms with E-state index in [1.807, 2.05) is 30.3 Å². The summed E-state index contributed by atoms with van der Waals surface area (Å²) < 4.78 is 0. The van der Waals surface area contributed by atoms with Crippen molar-refractivity contribution in [1.82, 2.24) is 10.2 Å². The Balaban J connectivity index is 1.92. The predicted octanol–water partition coefficient (Wildman–Crippen LogP) is 1.71. The van der Waals surface area contributed by atoms with Gasteiger partial charge in [-0.15, -0.1) is 0 Å². The topological polar surface area (TPSA) is 52.6 Å². The van der Waals surface area contributed by atoms with Gasteiger partial charge in [0.15, 0.2) is 0 Å². The monoisotopic (exact) mass is 276 g/mol. The van der Waals surface area contributed by atoms with Crippen LogP contribution in [-0.4, -0.2) is 41.7 Å².